The molecule has 140 valence electrons. The van der Waals surface area contributed by atoms with E-state index in [2.05, 4.69) is 0 Å². The Bertz CT molecular complexity index is 1010. The summed E-state index contributed by atoms with van der Waals surface area (Å²) in [5.41, 5.74) is 2.45. The van der Waals surface area contributed by atoms with Crippen LogP contribution >= 0.6 is 0 Å². The first-order chi connectivity index (χ1) is 13.6. The van der Waals surface area contributed by atoms with Crippen LogP contribution in [0.15, 0.2) is 96.4 Å². The molecule has 0 spiro atoms. The van der Waals surface area contributed by atoms with Crippen LogP contribution in [0.1, 0.15) is 18.1 Å². The van der Waals surface area contributed by atoms with Gasteiger partial charge in [-0.3, -0.25) is 0 Å². The van der Waals surface area contributed by atoms with Gasteiger partial charge in [0, 0.05) is 5.56 Å². The topological polar surface area (TPSA) is 55.8 Å². The van der Waals surface area contributed by atoms with Crippen LogP contribution in [-0.4, -0.2) is 11.1 Å². The molecule has 4 heteroatoms. The van der Waals surface area contributed by atoms with Crippen LogP contribution in [0.2, 0.25) is 0 Å². The first kappa shape index (κ1) is 17.9. The highest BCUT2D eigenvalue weighted by Crippen LogP contribution is 2.40. The van der Waals surface area contributed by atoms with Gasteiger partial charge in [-0.2, -0.15) is 0 Å². The number of ether oxygens (including phenoxy) is 2. The van der Waals surface area contributed by atoms with E-state index < -0.39 is 11.6 Å². The van der Waals surface area contributed by atoms with Crippen LogP contribution in [-0.2, 0) is 26.5 Å². The molecule has 1 unspecified atom stereocenters. The van der Waals surface area contributed by atoms with Gasteiger partial charge < -0.3 is 14.6 Å². The summed E-state index contributed by atoms with van der Waals surface area (Å²) in [6.45, 7) is 1.84. The van der Waals surface area contributed by atoms with Gasteiger partial charge in [-0.1, -0.05) is 84.9 Å². The summed E-state index contributed by atoms with van der Waals surface area (Å²) in [6, 6.07) is 27.0. The van der Waals surface area contributed by atoms with Crippen molar-refractivity contribution in [2.24, 2.45) is 0 Å². The SMILES string of the molecule is CC1(c2ccc(-c3ccccc3)cc2)OC(=O)C(OCc2ccccc2)=C1O. The lowest BCUT2D eigenvalue weighted by atomic mass is 9.92. The number of carbonyl (C=O) groups excluding carboxylic acids is 1. The molecule has 1 aliphatic heterocycles. The lowest BCUT2D eigenvalue weighted by molar-refractivity contribution is -0.150. The number of rotatable bonds is 5. The summed E-state index contributed by atoms with van der Waals surface area (Å²) in [4.78, 5) is 12.3. The van der Waals surface area contributed by atoms with Crippen molar-refractivity contribution < 1.29 is 19.4 Å². The molecule has 4 nitrogen and oxygen atoms in total. The van der Waals surface area contributed by atoms with E-state index >= 15 is 0 Å². The maximum Gasteiger partial charge on any atom is 0.378 e. The monoisotopic (exact) mass is 372 g/mol. The first-order valence-electron chi connectivity index (χ1n) is 9.08. The highest BCUT2D eigenvalue weighted by atomic mass is 16.6. The van der Waals surface area contributed by atoms with Crippen molar-refractivity contribution in [3.63, 3.8) is 0 Å². The molecule has 28 heavy (non-hydrogen) atoms. The molecule has 0 saturated carbocycles. The van der Waals surface area contributed by atoms with Gasteiger partial charge in [0.1, 0.15) is 6.61 Å². The molecule has 0 aliphatic carbocycles. The summed E-state index contributed by atoms with van der Waals surface area (Å²) in [6.07, 6.45) is 0. The average Bonchev–Trinajstić information content (AvgIpc) is 2.97. The van der Waals surface area contributed by atoms with Gasteiger partial charge in [0.05, 0.1) is 0 Å². The highest BCUT2D eigenvalue weighted by Gasteiger charge is 2.47. The van der Waals surface area contributed by atoms with E-state index in [1.807, 2.05) is 84.9 Å². The van der Waals surface area contributed by atoms with Crippen molar-refractivity contribution in [1.82, 2.24) is 0 Å². The fourth-order valence-electron chi connectivity index (χ4n) is 3.26. The summed E-state index contributed by atoms with van der Waals surface area (Å²) in [5, 5.41) is 10.7. The number of carbonyl (C=O) groups is 1. The van der Waals surface area contributed by atoms with Crippen molar-refractivity contribution in [2.45, 2.75) is 19.1 Å². The molecule has 0 saturated heterocycles. The third kappa shape index (κ3) is 3.25. The van der Waals surface area contributed by atoms with Crippen molar-refractivity contribution in [3.05, 3.63) is 108 Å². The predicted octanol–water partition coefficient (Wildman–Crippen LogP) is 5.11. The Morgan fingerprint density at radius 3 is 2.07 bits per heavy atom. The molecule has 1 atom stereocenters. The number of benzene rings is 3. The van der Waals surface area contributed by atoms with Crippen LogP contribution in [0, 0.1) is 0 Å². The van der Waals surface area contributed by atoms with Gasteiger partial charge in [-0.25, -0.2) is 4.79 Å². The lowest BCUT2D eigenvalue weighted by Crippen LogP contribution is -2.25. The third-order valence-electron chi connectivity index (χ3n) is 4.92. The zero-order chi connectivity index (χ0) is 19.6. The summed E-state index contributed by atoms with van der Waals surface area (Å²) < 4.78 is 11.1. The van der Waals surface area contributed by atoms with Crippen LogP contribution in [0.4, 0.5) is 0 Å². The molecule has 3 aromatic rings. The molecule has 0 amide bonds. The Kier molecular flexibility index (Phi) is 4.62. The quantitative estimate of drug-likeness (QED) is 0.632. The molecular formula is C24H20O4. The molecule has 0 bridgehead atoms. The number of cyclic esters (lactones) is 1. The predicted molar refractivity (Wildman–Crippen MR) is 106 cm³/mol. The fraction of sp³-hybridized carbons (Fsp3) is 0.125. The van der Waals surface area contributed by atoms with E-state index in [-0.39, 0.29) is 18.1 Å². The lowest BCUT2D eigenvalue weighted by Gasteiger charge is -2.23. The summed E-state index contributed by atoms with van der Waals surface area (Å²) >= 11 is 0. The van der Waals surface area contributed by atoms with E-state index in [9.17, 15) is 9.90 Å². The van der Waals surface area contributed by atoms with Crippen molar-refractivity contribution in [2.75, 3.05) is 0 Å². The van der Waals surface area contributed by atoms with E-state index in [4.69, 9.17) is 9.47 Å². The summed E-state index contributed by atoms with van der Waals surface area (Å²) in [7, 11) is 0. The molecule has 1 N–H and O–H groups in total. The van der Waals surface area contributed by atoms with E-state index in [1.54, 1.807) is 6.92 Å². The Hall–Kier alpha value is -3.53. The minimum absolute atomic E-state index is 0.140. The van der Waals surface area contributed by atoms with Gasteiger partial charge in [-0.05, 0) is 23.6 Å². The Morgan fingerprint density at radius 2 is 1.43 bits per heavy atom. The van der Waals surface area contributed by atoms with Gasteiger partial charge in [-0.15, -0.1) is 0 Å². The van der Waals surface area contributed by atoms with Crippen molar-refractivity contribution >= 4 is 5.97 Å². The number of esters is 1. The Balaban J connectivity index is 1.58. The largest absolute Gasteiger partial charge is 0.505 e. The zero-order valence-electron chi connectivity index (χ0n) is 15.5. The van der Waals surface area contributed by atoms with Crippen LogP contribution < -0.4 is 0 Å². The fourth-order valence-corrected chi connectivity index (χ4v) is 3.26. The van der Waals surface area contributed by atoms with E-state index in [1.165, 1.54) is 0 Å². The normalized spacial score (nSPS) is 18.8. The zero-order valence-corrected chi connectivity index (χ0v) is 15.5. The van der Waals surface area contributed by atoms with Crippen LogP contribution in [0.25, 0.3) is 11.1 Å². The minimum Gasteiger partial charge on any atom is -0.505 e. The molecule has 0 fully saturated rings. The number of aliphatic hydroxyl groups is 1. The second kappa shape index (κ2) is 7.24. The number of hydrogen-bond acceptors (Lipinski definition) is 4. The summed E-state index contributed by atoms with van der Waals surface area (Å²) in [5.74, 6) is -1.01. The second-order valence-corrected chi connectivity index (χ2v) is 6.82. The van der Waals surface area contributed by atoms with E-state index in [0.717, 1.165) is 16.7 Å². The van der Waals surface area contributed by atoms with Gasteiger partial charge in [0.2, 0.25) is 5.76 Å². The molecule has 1 aliphatic rings. The highest BCUT2D eigenvalue weighted by molar-refractivity contribution is 5.90. The number of hydrogen-bond donors (Lipinski definition) is 1. The molecular weight excluding hydrogens is 352 g/mol. The Labute approximate surface area is 163 Å². The Morgan fingerprint density at radius 1 is 0.857 bits per heavy atom. The van der Waals surface area contributed by atoms with Crippen molar-refractivity contribution in [1.29, 1.82) is 0 Å². The van der Waals surface area contributed by atoms with Crippen LogP contribution in [0.3, 0.4) is 0 Å². The van der Waals surface area contributed by atoms with Gasteiger partial charge in [0.15, 0.2) is 11.4 Å². The molecule has 1 heterocycles. The maximum absolute atomic E-state index is 12.3. The average molecular weight is 372 g/mol. The molecule has 3 aromatic carbocycles. The molecule has 0 aromatic heterocycles. The minimum atomic E-state index is -1.27. The maximum atomic E-state index is 12.3. The van der Waals surface area contributed by atoms with Gasteiger partial charge in [0.25, 0.3) is 0 Å². The van der Waals surface area contributed by atoms with Crippen molar-refractivity contribution in [3.8, 4) is 11.1 Å². The van der Waals surface area contributed by atoms with Gasteiger partial charge >= 0.3 is 5.97 Å². The van der Waals surface area contributed by atoms with E-state index in [0.29, 0.717) is 5.56 Å². The third-order valence-corrected chi connectivity index (χ3v) is 4.92. The molecule has 4 rings (SSSR count). The van der Waals surface area contributed by atoms with Crippen LogP contribution in [0.5, 0.6) is 0 Å². The second-order valence-electron chi connectivity index (χ2n) is 6.82. The number of aliphatic hydroxyl groups excluding tert-OH is 1. The molecule has 0 radical (unpaired) electrons. The smallest absolute Gasteiger partial charge is 0.378 e. The first-order valence-corrected chi connectivity index (χ1v) is 9.08. The standard InChI is InChI=1S/C24H20O4/c1-24(20-14-12-19(13-15-20)18-10-6-3-7-11-18)22(25)21(23(26)28-24)27-16-17-8-4-2-5-9-17/h2-15,25H,16H2,1H3.